The van der Waals surface area contributed by atoms with Crippen molar-refractivity contribution in [2.75, 3.05) is 13.6 Å². The zero-order chi connectivity index (χ0) is 10.1. The maximum atomic E-state index is 11.0. The first-order valence-corrected chi connectivity index (χ1v) is 4.77. The molecule has 3 nitrogen and oxygen atoms in total. The van der Waals surface area contributed by atoms with Crippen LogP contribution in [0.1, 0.15) is 26.7 Å². The monoisotopic (exact) mass is 183 g/mol. The molecule has 2 atom stereocenters. The number of nitrogens with zero attached hydrogens (tertiary/aromatic N) is 1. The van der Waals surface area contributed by atoms with Gasteiger partial charge in [0.25, 0.3) is 0 Å². The summed E-state index contributed by atoms with van der Waals surface area (Å²) in [5, 5.41) is 2.99. The first-order chi connectivity index (χ1) is 5.94. The Balaban J connectivity index is 2.66. The molecular weight excluding hydrogens is 164 g/mol. The Bertz CT molecular complexity index is 205. The Kier molecular flexibility index (Phi) is 2.96. The van der Waals surface area contributed by atoms with Gasteiger partial charge in [-0.1, -0.05) is 0 Å². The summed E-state index contributed by atoms with van der Waals surface area (Å²) in [6.07, 6.45) is 2.05. The number of rotatable bonds is 1. The SMILES string of the molecule is [CH2]C1CCN(C)C(C)(NC(C)=O)C1. The quantitative estimate of drug-likeness (QED) is 0.658. The lowest BCUT2D eigenvalue weighted by Crippen LogP contribution is -2.60. The molecule has 1 saturated heterocycles. The maximum Gasteiger partial charge on any atom is 0.218 e. The van der Waals surface area contributed by atoms with Gasteiger partial charge in [-0.2, -0.15) is 0 Å². The van der Waals surface area contributed by atoms with Crippen molar-refractivity contribution in [3.8, 4) is 0 Å². The van der Waals surface area contributed by atoms with E-state index in [1.165, 1.54) is 0 Å². The Morgan fingerprint density at radius 2 is 2.31 bits per heavy atom. The second-order valence-corrected chi connectivity index (χ2v) is 4.24. The minimum Gasteiger partial charge on any atom is -0.338 e. The van der Waals surface area contributed by atoms with Gasteiger partial charge in [0.05, 0.1) is 5.66 Å². The van der Waals surface area contributed by atoms with Gasteiger partial charge in [0.2, 0.25) is 5.91 Å². The van der Waals surface area contributed by atoms with E-state index in [0.29, 0.717) is 5.92 Å². The third-order valence-electron chi connectivity index (χ3n) is 2.85. The second-order valence-electron chi connectivity index (χ2n) is 4.24. The van der Waals surface area contributed by atoms with Crippen molar-refractivity contribution in [3.63, 3.8) is 0 Å². The van der Waals surface area contributed by atoms with Crippen molar-refractivity contribution in [1.82, 2.24) is 10.2 Å². The molecule has 2 unspecified atom stereocenters. The molecular formula is C10H19N2O. The number of piperidine rings is 1. The predicted octanol–water partition coefficient (Wildman–Crippen LogP) is 1.01. The van der Waals surface area contributed by atoms with E-state index in [2.05, 4.69) is 24.1 Å². The van der Waals surface area contributed by atoms with Crippen LogP contribution in [-0.2, 0) is 4.79 Å². The fourth-order valence-corrected chi connectivity index (χ4v) is 1.97. The van der Waals surface area contributed by atoms with Gasteiger partial charge in [-0.25, -0.2) is 0 Å². The van der Waals surface area contributed by atoms with Crippen molar-refractivity contribution in [2.45, 2.75) is 32.4 Å². The smallest absolute Gasteiger partial charge is 0.218 e. The van der Waals surface area contributed by atoms with E-state index in [0.717, 1.165) is 19.4 Å². The lowest BCUT2D eigenvalue weighted by atomic mass is 9.89. The topological polar surface area (TPSA) is 32.3 Å². The molecule has 1 aliphatic heterocycles. The molecule has 0 aromatic carbocycles. The van der Waals surface area contributed by atoms with Gasteiger partial charge in [0.15, 0.2) is 0 Å². The highest BCUT2D eigenvalue weighted by Gasteiger charge is 2.35. The molecule has 0 aromatic heterocycles. The summed E-state index contributed by atoms with van der Waals surface area (Å²) in [4.78, 5) is 13.2. The van der Waals surface area contributed by atoms with Gasteiger partial charge in [0, 0.05) is 13.5 Å². The van der Waals surface area contributed by atoms with Crippen molar-refractivity contribution < 1.29 is 4.79 Å². The summed E-state index contributed by atoms with van der Waals surface area (Å²) in [7, 11) is 2.04. The summed E-state index contributed by atoms with van der Waals surface area (Å²) in [5.74, 6) is 0.483. The Hall–Kier alpha value is -0.570. The van der Waals surface area contributed by atoms with Crippen molar-refractivity contribution in [3.05, 3.63) is 6.92 Å². The molecule has 0 saturated carbocycles. The van der Waals surface area contributed by atoms with Crippen molar-refractivity contribution >= 4 is 5.91 Å². The zero-order valence-electron chi connectivity index (χ0n) is 8.76. The van der Waals surface area contributed by atoms with Crippen LogP contribution in [0.2, 0.25) is 0 Å². The molecule has 1 rings (SSSR count). The molecule has 0 aliphatic carbocycles. The first kappa shape index (κ1) is 10.5. The highest BCUT2D eigenvalue weighted by molar-refractivity contribution is 5.73. The predicted molar refractivity (Wildman–Crippen MR) is 52.9 cm³/mol. The molecule has 75 valence electrons. The van der Waals surface area contributed by atoms with Crippen LogP contribution in [0.5, 0.6) is 0 Å². The number of nitrogens with one attached hydrogen (secondary N) is 1. The lowest BCUT2D eigenvalue weighted by Gasteiger charge is -2.45. The standard InChI is InChI=1S/C10H19N2O/c1-8-5-6-12(4)10(3,7-8)11-9(2)13/h8H,1,5-7H2,2-4H3,(H,11,13). The van der Waals surface area contributed by atoms with E-state index in [1.54, 1.807) is 6.92 Å². The minimum atomic E-state index is -0.198. The Morgan fingerprint density at radius 3 is 2.85 bits per heavy atom. The molecule has 0 spiro atoms. The van der Waals surface area contributed by atoms with E-state index in [4.69, 9.17) is 0 Å². The van der Waals surface area contributed by atoms with Crippen molar-refractivity contribution in [2.24, 2.45) is 5.92 Å². The minimum absolute atomic E-state index is 0.0310. The third-order valence-corrected chi connectivity index (χ3v) is 2.85. The number of hydrogen-bond donors (Lipinski definition) is 1. The normalized spacial score (nSPS) is 35.8. The molecule has 0 bridgehead atoms. The molecule has 1 radical (unpaired) electrons. The number of likely N-dealkylation sites (tertiary alicyclic amines) is 1. The van der Waals surface area contributed by atoms with Crippen LogP contribution in [0.3, 0.4) is 0 Å². The van der Waals surface area contributed by atoms with Crippen LogP contribution >= 0.6 is 0 Å². The number of amides is 1. The van der Waals surface area contributed by atoms with Crippen LogP contribution in [0.4, 0.5) is 0 Å². The Morgan fingerprint density at radius 1 is 1.69 bits per heavy atom. The van der Waals surface area contributed by atoms with Crippen LogP contribution in [0.15, 0.2) is 0 Å². The fourth-order valence-electron chi connectivity index (χ4n) is 1.97. The third kappa shape index (κ3) is 2.44. The molecule has 1 N–H and O–H groups in total. The zero-order valence-corrected chi connectivity index (χ0v) is 8.76. The summed E-state index contributed by atoms with van der Waals surface area (Å²) in [6, 6.07) is 0. The number of carbonyl (C=O) groups is 1. The van der Waals surface area contributed by atoms with Crippen LogP contribution in [-0.4, -0.2) is 30.1 Å². The van der Waals surface area contributed by atoms with Gasteiger partial charge >= 0.3 is 0 Å². The van der Waals surface area contributed by atoms with Crippen LogP contribution in [0.25, 0.3) is 0 Å². The van der Waals surface area contributed by atoms with Crippen LogP contribution < -0.4 is 5.32 Å². The molecule has 0 aromatic rings. The van der Waals surface area contributed by atoms with E-state index in [1.807, 2.05) is 7.05 Å². The summed E-state index contributed by atoms with van der Waals surface area (Å²) >= 11 is 0. The molecule has 1 fully saturated rings. The lowest BCUT2D eigenvalue weighted by molar-refractivity contribution is -0.124. The Labute approximate surface area is 80.5 Å². The van der Waals surface area contributed by atoms with E-state index >= 15 is 0 Å². The second kappa shape index (κ2) is 3.66. The van der Waals surface area contributed by atoms with Gasteiger partial charge in [-0.15, -0.1) is 0 Å². The highest BCUT2D eigenvalue weighted by Crippen LogP contribution is 2.27. The van der Waals surface area contributed by atoms with Gasteiger partial charge < -0.3 is 5.32 Å². The molecule has 13 heavy (non-hydrogen) atoms. The van der Waals surface area contributed by atoms with E-state index in [-0.39, 0.29) is 11.6 Å². The maximum absolute atomic E-state index is 11.0. The first-order valence-electron chi connectivity index (χ1n) is 4.77. The fraction of sp³-hybridized carbons (Fsp3) is 0.800. The van der Waals surface area contributed by atoms with E-state index in [9.17, 15) is 4.79 Å². The molecule has 1 aliphatic rings. The molecule has 3 heteroatoms. The summed E-state index contributed by atoms with van der Waals surface area (Å²) in [5.41, 5.74) is -0.198. The summed E-state index contributed by atoms with van der Waals surface area (Å²) < 4.78 is 0. The molecule has 1 heterocycles. The van der Waals surface area contributed by atoms with Crippen LogP contribution in [0, 0.1) is 12.8 Å². The number of hydrogen-bond acceptors (Lipinski definition) is 2. The number of carbonyl (C=O) groups excluding carboxylic acids is 1. The largest absolute Gasteiger partial charge is 0.338 e. The summed E-state index contributed by atoms with van der Waals surface area (Å²) in [6.45, 7) is 8.68. The van der Waals surface area contributed by atoms with Crippen molar-refractivity contribution in [1.29, 1.82) is 0 Å². The highest BCUT2D eigenvalue weighted by atomic mass is 16.1. The van der Waals surface area contributed by atoms with E-state index < -0.39 is 0 Å². The van der Waals surface area contributed by atoms with Gasteiger partial charge in [0.1, 0.15) is 0 Å². The average Bonchev–Trinajstić information content (AvgIpc) is 1.95. The average molecular weight is 183 g/mol. The van der Waals surface area contributed by atoms with Gasteiger partial charge in [-0.3, -0.25) is 9.69 Å². The van der Waals surface area contributed by atoms with Gasteiger partial charge in [-0.05, 0) is 39.7 Å². The molecule has 1 amide bonds.